The van der Waals surface area contributed by atoms with Crippen LogP contribution in [0.15, 0.2) is 170 Å². The summed E-state index contributed by atoms with van der Waals surface area (Å²) in [5, 5.41) is -0.0406. The molecule has 0 saturated heterocycles. The zero-order chi connectivity index (χ0) is 29.9. The van der Waals surface area contributed by atoms with Gasteiger partial charge in [0.05, 0.1) is 21.0 Å². The fraction of sp³-hybridized carbons (Fsp3) is 0.175. The lowest BCUT2D eigenvalue weighted by Crippen LogP contribution is -2.51. The van der Waals surface area contributed by atoms with Crippen LogP contribution in [0, 0.1) is 0 Å². The molecule has 0 bridgehead atoms. The molecule has 0 radical (unpaired) electrons. The molecule has 44 heavy (non-hydrogen) atoms. The Morgan fingerprint density at radius 1 is 0.545 bits per heavy atom. The molecular formula is C40H41BN2Si. The number of nitrogens with zero attached hydrogens (tertiary/aromatic N) is 2. The molecule has 1 aliphatic carbocycles. The maximum absolute atomic E-state index is 4.42. The molecule has 0 N–H and O–H groups in total. The van der Waals surface area contributed by atoms with E-state index in [-0.39, 0.29) is 5.16 Å². The maximum atomic E-state index is 4.42. The summed E-state index contributed by atoms with van der Waals surface area (Å²) in [7, 11) is -0.470. The third-order valence-electron chi connectivity index (χ3n) is 9.16. The predicted molar refractivity (Wildman–Crippen MR) is 191 cm³/mol. The second kappa shape index (κ2) is 14.9. The number of imidazole rings is 1. The standard InChI is InChI=1S/C22H26N2Si.C18H15B/c1-4-10-19(11-5-1)22(24-17-16-23-18-24,20-12-6-2-7-13-20)25-21-14-8-3-9-15-21;1-4-10-16(11-5-1)19(17-12-6-2-7-13-17)18-14-8-3-9-15-18/h1-2,4-7,10-13,16-18,21H,3,8-9,14-15,25H2;1-15H. The highest BCUT2D eigenvalue weighted by molar-refractivity contribution is 6.95. The molecule has 218 valence electrons. The smallest absolute Gasteiger partial charge is 0.241 e. The van der Waals surface area contributed by atoms with Crippen molar-refractivity contribution >= 4 is 32.6 Å². The van der Waals surface area contributed by atoms with Crippen LogP contribution in [0.3, 0.4) is 0 Å². The Morgan fingerprint density at radius 3 is 1.34 bits per heavy atom. The van der Waals surface area contributed by atoms with Crippen LogP contribution < -0.4 is 16.4 Å². The molecule has 1 saturated carbocycles. The van der Waals surface area contributed by atoms with Crippen LogP contribution in [0.2, 0.25) is 5.54 Å². The van der Waals surface area contributed by atoms with Gasteiger partial charge in [-0.15, -0.1) is 0 Å². The summed E-state index contributed by atoms with van der Waals surface area (Å²) in [5.41, 5.74) is 7.73. The summed E-state index contributed by atoms with van der Waals surface area (Å²) in [5.74, 6) is 0. The molecule has 2 nitrogen and oxygen atoms in total. The summed E-state index contributed by atoms with van der Waals surface area (Å²) in [6, 6.07) is 54.2. The first-order valence-electron chi connectivity index (χ1n) is 16.1. The highest BCUT2D eigenvalue weighted by atomic mass is 28.2. The first-order valence-corrected chi connectivity index (χ1v) is 17.6. The van der Waals surface area contributed by atoms with Gasteiger partial charge >= 0.3 is 0 Å². The third-order valence-corrected chi connectivity index (χ3v) is 12.3. The highest BCUT2D eigenvalue weighted by Crippen LogP contribution is 2.40. The van der Waals surface area contributed by atoms with E-state index in [1.54, 1.807) is 0 Å². The van der Waals surface area contributed by atoms with E-state index in [4.69, 9.17) is 0 Å². The number of benzene rings is 5. The number of aromatic nitrogens is 2. The average molecular weight is 589 g/mol. The number of hydrogen-bond acceptors (Lipinski definition) is 1. The molecule has 1 fully saturated rings. The molecule has 0 unspecified atom stereocenters. The van der Waals surface area contributed by atoms with Gasteiger partial charge in [-0.2, -0.15) is 0 Å². The van der Waals surface area contributed by atoms with Gasteiger partial charge in [0.1, 0.15) is 0 Å². The quantitative estimate of drug-likeness (QED) is 0.180. The van der Waals surface area contributed by atoms with Crippen molar-refractivity contribution in [2.45, 2.75) is 42.8 Å². The lowest BCUT2D eigenvalue weighted by Gasteiger charge is -2.40. The molecule has 4 heteroatoms. The first kappa shape index (κ1) is 29.7. The largest absolute Gasteiger partial charge is 0.327 e. The minimum Gasteiger partial charge on any atom is -0.327 e. The Balaban J connectivity index is 0.000000162. The van der Waals surface area contributed by atoms with E-state index in [9.17, 15) is 0 Å². The van der Waals surface area contributed by atoms with Crippen molar-refractivity contribution in [1.29, 1.82) is 0 Å². The zero-order valence-corrected chi connectivity index (χ0v) is 26.9. The van der Waals surface area contributed by atoms with Gasteiger partial charge in [-0.05, 0) is 16.7 Å². The monoisotopic (exact) mass is 588 g/mol. The molecule has 5 aromatic carbocycles. The Labute approximate surface area is 265 Å². The number of hydrogen-bond donors (Lipinski definition) is 0. The van der Waals surface area contributed by atoms with Crippen LogP contribution in [0.1, 0.15) is 43.2 Å². The lowest BCUT2D eigenvalue weighted by atomic mass is 9.37. The van der Waals surface area contributed by atoms with Gasteiger partial charge in [0.2, 0.25) is 6.71 Å². The van der Waals surface area contributed by atoms with Crippen molar-refractivity contribution in [1.82, 2.24) is 9.55 Å². The van der Waals surface area contributed by atoms with Gasteiger partial charge in [0.15, 0.2) is 0 Å². The molecule has 1 aromatic heterocycles. The van der Waals surface area contributed by atoms with Crippen molar-refractivity contribution in [3.63, 3.8) is 0 Å². The fourth-order valence-electron chi connectivity index (χ4n) is 7.04. The molecule has 1 aliphatic rings. The van der Waals surface area contributed by atoms with Crippen LogP contribution in [0.4, 0.5) is 0 Å². The van der Waals surface area contributed by atoms with Crippen molar-refractivity contribution < 1.29 is 0 Å². The van der Waals surface area contributed by atoms with Crippen LogP contribution in [-0.2, 0) is 5.16 Å². The first-order chi connectivity index (χ1) is 21.8. The van der Waals surface area contributed by atoms with Crippen molar-refractivity contribution in [3.8, 4) is 0 Å². The van der Waals surface area contributed by atoms with E-state index >= 15 is 0 Å². The maximum Gasteiger partial charge on any atom is 0.241 e. The summed E-state index contributed by atoms with van der Waals surface area (Å²) in [4.78, 5) is 4.42. The topological polar surface area (TPSA) is 17.8 Å². The Hall–Kier alpha value is -4.41. The Kier molecular flexibility index (Phi) is 10.0. The van der Waals surface area contributed by atoms with Crippen molar-refractivity contribution in [2.24, 2.45) is 0 Å². The van der Waals surface area contributed by atoms with Crippen molar-refractivity contribution in [3.05, 3.63) is 182 Å². The normalized spacial score (nSPS) is 13.7. The van der Waals surface area contributed by atoms with Gasteiger partial charge in [-0.25, -0.2) is 4.98 Å². The van der Waals surface area contributed by atoms with Gasteiger partial charge in [0, 0.05) is 12.4 Å². The second-order valence-electron chi connectivity index (χ2n) is 11.9. The van der Waals surface area contributed by atoms with E-state index in [0.717, 1.165) is 5.54 Å². The lowest BCUT2D eigenvalue weighted by molar-refractivity contribution is 0.482. The van der Waals surface area contributed by atoms with Crippen LogP contribution in [-0.4, -0.2) is 25.8 Å². The van der Waals surface area contributed by atoms with Gasteiger partial charge in [-0.3, -0.25) is 0 Å². The SMILES string of the molecule is c1ccc(B(c2ccccc2)c2ccccc2)cc1.c1ccc(C([SiH2]C2CCCCC2)(c2ccccc2)n2ccnc2)cc1. The summed E-state index contributed by atoms with van der Waals surface area (Å²) >= 11 is 0. The van der Waals surface area contributed by atoms with E-state index in [0.29, 0.717) is 6.71 Å². The molecule has 7 rings (SSSR count). The van der Waals surface area contributed by atoms with Crippen LogP contribution >= 0.6 is 0 Å². The highest BCUT2D eigenvalue weighted by Gasteiger charge is 2.38. The van der Waals surface area contributed by atoms with Gasteiger partial charge in [0.25, 0.3) is 0 Å². The minimum atomic E-state index is -0.470. The molecule has 0 aliphatic heterocycles. The minimum absolute atomic E-state index is 0.0406. The molecule has 0 spiro atoms. The predicted octanol–water partition coefficient (Wildman–Crippen LogP) is 6.76. The molecule has 6 aromatic rings. The van der Waals surface area contributed by atoms with Crippen molar-refractivity contribution in [2.75, 3.05) is 0 Å². The third kappa shape index (κ3) is 6.87. The summed E-state index contributed by atoms with van der Waals surface area (Å²) in [6.07, 6.45) is 13.1. The number of rotatable bonds is 8. The van der Waals surface area contributed by atoms with E-state index in [1.165, 1.54) is 59.6 Å². The molecular weight excluding hydrogens is 547 g/mol. The van der Waals surface area contributed by atoms with Gasteiger partial charge < -0.3 is 4.57 Å². The zero-order valence-electron chi connectivity index (χ0n) is 25.5. The second-order valence-corrected chi connectivity index (χ2v) is 14.5. The van der Waals surface area contributed by atoms with E-state index < -0.39 is 9.52 Å². The fourth-order valence-corrected chi connectivity index (χ4v) is 10.2. The van der Waals surface area contributed by atoms with Crippen LogP contribution in [0.5, 0.6) is 0 Å². The molecule has 0 amide bonds. The van der Waals surface area contributed by atoms with E-state index in [2.05, 4.69) is 167 Å². The van der Waals surface area contributed by atoms with Crippen LogP contribution in [0.25, 0.3) is 0 Å². The van der Waals surface area contributed by atoms with Gasteiger partial charge in [-0.1, -0.05) is 200 Å². The average Bonchev–Trinajstić information content (AvgIpc) is 3.66. The Morgan fingerprint density at radius 2 is 0.955 bits per heavy atom. The molecule has 1 heterocycles. The summed E-state index contributed by atoms with van der Waals surface area (Å²) in [6.45, 7) is 0.309. The molecule has 0 atom stereocenters. The van der Waals surface area contributed by atoms with E-state index in [1.807, 2.05) is 12.5 Å². The Bertz CT molecular complexity index is 1500. The summed E-state index contributed by atoms with van der Waals surface area (Å²) < 4.78 is 2.39.